The summed E-state index contributed by atoms with van der Waals surface area (Å²) in [6.07, 6.45) is 9.75. The second-order valence-electron chi connectivity index (χ2n) is 8.61. The van der Waals surface area contributed by atoms with Crippen LogP contribution in [-0.2, 0) is 11.0 Å². The number of aromatic nitrogens is 6. The molecule has 4 heterocycles. The van der Waals surface area contributed by atoms with Gasteiger partial charge in [0.25, 0.3) is 5.89 Å². The van der Waals surface area contributed by atoms with E-state index in [-0.39, 0.29) is 11.4 Å². The Morgan fingerprint density at radius 1 is 0.938 bits per heavy atom. The SMILES string of the molecule is CC(C)(O)c1ccc(-c2nc(C3(c4ccc(-c5cnc(N)nc5)nc4)CCC3)no2)cn1. The lowest BCUT2D eigenvalue weighted by Gasteiger charge is -2.39. The summed E-state index contributed by atoms with van der Waals surface area (Å²) in [5, 5.41) is 14.4. The molecule has 4 aromatic heterocycles. The molecule has 3 N–H and O–H groups in total. The molecule has 4 aromatic rings. The van der Waals surface area contributed by atoms with Crippen LogP contribution in [0, 0.1) is 0 Å². The number of hydrogen-bond acceptors (Lipinski definition) is 9. The number of rotatable bonds is 5. The van der Waals surface area contributed by atoms with Crippen LogP contribution in [0.3, 0.4) is 0 Å². The van der Waals surface area contributed by atoms with Crippen molar-refractivity contribution >= 4 is 5.95 Å². The third-order valence-electron chi connectivity index (χ3n) is 5.98. The van der Waals surface area contributed by atoms with Crippen molar-refractivity contribution in [1.29, 1.82) is 0 Å². The molecule has 1 fully saturated rings. The van der Waals surface area contributed by atoms with Gasteiger partial charge in [-0.25, -0.2) is 9.97 Å². The van der Waals surface area contributed by atoms with Gasteiger partial charge in [-0.2, -0.15) is 4.98 Å². The maximum absolute atomic E-state index is 10.1. The van der Waals surface area contributed by atoms with Gasteiger partial charge < -0.3 is 15.4 Å². The van der Waals surface area contributed by atoms with Gasteiger partial charge in [-0.1, -0.05) is 17.6 Å². The highest BCUT2D eigenvalue weighted by Gasteiger charge is 2.45. The minimum absolute atomic E-state index is 0.233. The fourth-order valence-corrected chi connectivity index (χ4v) is 3.91. The van der Waals surface area contributed by atoms with E-state index in [1.54, 1.807) is 38.5 Å². The summed E-state index contributed by atoms with van der Waals surface area (Å²) in [6, 6.07) is 7.59. The zero-order valence-corrected chi connectivity index (χ0v) is 17.9. The summed E-state index contributed by atoms with van der Waals surface area (Å²) in [5.74, 6) is 1.29. The van der Waals surface area contributed by atoms with Crippen LogP contribution in [0.2, 0.25) is 0 Å². The fraction of sp³-hybridized carbons (Fsp3) is 0.304. The predicted octanol–water partition coefficient (Wildman–Crippen LogP) is 3.26. The molecular weight excluding hydrogens is 406 g/mol. The normalized spacial score (nSPS) is 15.3. The lowest BCUT2D eigenvalue weighted by Crippen LogP contribution is -2.36. The van der Waals surface area contributed by atoms with Gasteiger partial charge in [-0.05, 0) is 50.5 Å². The molecule has 0 unspecified atom stereocenters. The first kappa shape index (κ1) is 20.2. The molecule has 1 aliphatic carbocycles. The number of nitrogens with zero attached hydrogens (tertiary/aromatic N) is 6. The molecule has 0 saturated heterocycles. The van der Waals surface area contributed by atoms with Crippen LogP contribution in [-0.4, -0.2) is 35.2 Å². The van der Waals surface area contributed by atoms with Gasteiger partial charge in [0.2, 0.25) is 5.95 Å². The van der Waals surface area contributed by atoms with Crippen molar-refractivity contribution in [3.05, 3.63) is 66.1 Å². The quantitative estimate of drug-likeness (QED) is 0.489. The smallest absolute Gasteiger partial charge is 0.259 e. The van der Waals surface area contributed by atoms with Crippen molar-refractivity contribution in [3.63, 3.8) is 0 Å². The predicted molar refractivity (Wildman–Crippen MR) is 117 cm³/mol. The standard InChI is InChI=1S/C23H23N7O2/c1-22(2,31)18-7-4-14(10-26-18)19-29-20(30-32-19)23(8-3-9-23)16-5-6-17(25-13-16)15-11-27-21(24)28-12-15/h4-7,10-13,31H,3,8-9H2,1-2H3,(H2,24,27,28). The molecule has 0 bridgehead atoms. The van der Waals surface area contributed by atoms with Gasteiger partial charge in [-0.15, -0.1) is 0 Å². The van der Waals surface area contributed by atoms with Gasteiger partial charge in [0.1, 0.15) is 5.60 Å². The first-order chi connectivity index (χ1) is 15.3. The lowest BCUT2D eigenvalue weighted by molar-refractivity contribution is 0.0739. The number of nitrogens with two attached hydrogens (primary N) is 1. The van der Waals surface area contributed by atoms with Crippen LogP contribution >= 0.6 is 0 Å². The number of nitrogen functional groups attached to an aromatic ring is 1. The Morgan fingerprint density at radius 3 is 2.25 bits per heavy atom. The minimum atomic E-state index is -1.01. The van der Waals surface area contributed by atoms with Crippen molar-refractivity contribution < 1.29 is 9.63 Å². The first-order valence-electron chi connectivity index (χ1n) is 10.4. The lowest BCUT2D eigenvalue weighted by atomic mass is 9.64. The van der Waals surface area contributed by atoms with Crippen molar-refractivity contribution in [1.82, 2.24) is 30.1 Å². The van der Waals surface area contributed by atoms with Crippen molar-refractivity contribution in [2.24, 2.45) is 0 Å². The van der Waals surface area contributed by atoms with Gasteiger partial charge in [-0.3, -0.25) is 9.97 Å². The van der Waals surface area contributed by atoms with Crippen molar-refractivity contribution in [2.45, 2.75) is 44.1 Å². The Kier molecular flexibility index (Phi) is 4.70. The van der Waals surface area contributed by atoms with Crippen molar-refractivity contribution in [2.75, 3.05) is 5.73 Å². The maximum Gasteiger partial charge on any atom is 0.259 e. The van der Waals surface area contributed by atoms with Crippen LogP contribution in [0.25, 0.3) is 22.7 Å². The molecule has 0 aliphatic heterocycles. The fourth-order valence-electron chi connectivity index (χ4n) is 3.91. The van der Waals surface area contributed by atoms with Crippen molar-refractivity contribution in [3.8, 4) is 22.7 Å². The molecule has 1 aliphatic rings. The highest BCUT2D eigenvalue weighted by molar-refractivity contribution is 5.58. The summed E-state index contributed by atoms with van der Waals surface area (Å²) in [7, 11) is 0. The van der Waals surface area contributed by atoms with Crippen LogP contribution in [0.5, 0.6) is 0 Å². The molecule has 1 saturated carbocycles. The van der Waals surface area contributed by atoms with Crippen LogP contribution in [0.15, 0.2) is 53.6 Å². The number of anilines is 1. The zero-order valence-electron chi connectivity index (χ0n) is 17.9. The second-order valence-corrected chi connectivity index (χ2v) is 8.61. The molecule has 0 radical (unpaired) electrons. The number of hydrogen-bond donors (Lipinski definition) is 2. The Balaban J connectivity index is 1.42. The molecule has 9 nitrogen and oxygen atoms in total. The van der Waals surface area contributed by atoms with E-state index in [0.29, 0.717) is 23.0 Å². The highest BCUT2D eigenvalue weighted by Crippen LogP contribution is 2.48. The summed E-state index contributed by atoms with van der Waals surface area (Å²) < 4.78 is 5.57. The summed E-state index contributed by atoms with van der Waals surface area (Å²) in [4.78, 5) is 21.7. The first-order valence-corrected chi connectivity index (χ1v) is 10.4. The van der Waals surface area contributed by atoms with E-state index in [1.165, 1.54) is 0 Å². The number of aliphatic hydroxyl groups is 1. The Labute approximate surface area is 184 Å². The molecule has 0 spiro atoms. The Morgan fingerprint density at radius 2 is 1.69 bits per heavy atom. The molecule has 5 rings (SSSR count). The average Bonchev–Trinajstić information content (AvgIpc) is 3.24. The molecule has 0 aromatic carbocycles. The van der Waals surface area contributed by atoms with Gasteiger partial charge in [0, 0.05) is 30.4 Å². The zero-order chi connectivity index (χ0) is 22.3. The molecule has 32 heavy (non-hydrogen) atoms. The van der Waals surface area contributed by atoms with E-state index >= 15 is 0 Å². The van der Waals surface area contributed by atoms with E-state index in [1.807, 2.05) is 24.4 Å². The van der Waals surface area contributed by atoms with Gasteiger partial charge in [0.15, 0.2) is 5.82 Å². The number of pyridine rings is 2. The Bertz CT molecular complexity index is 1220. The summed E-state index contributed by atoms with van der Waals surface area (Å²) >= 11 is 0. The third-order valence-corrected chi connectivity index (χ3v) is 5.98. The third kappa shape index (κ3) is 3.50. The van der Waals surface area contributed by atoms with E-state index in [4.69, 9.17) is 15.2 Å². The highest BCUT2D eigenvalue weighted by atomic mass is 16.5. The molecule has 162 valence electrons. The van der Waals surface area contributed by atoms with E-state index in [9.17, 15) is 5.11 Å². The molecular formula is C23H23N7O2. The van der Waals surface area contributed by atoms with E-state index in [2.05, 4.69) is 25.1 Å². The minimum Gasteiger partial charge on any atom is -0.384 e. The monoisotopic (exact) mass is 429 g/mol. The van der Waals surface area contributed by atoms with E-state index in [0.717, 1.165) is 36.1 Å². The summed E-state index contributed by atoms with van der Waals surface area (Å²) in [6.45, 7) is 3.39. The summed E-state index contributed by atoms with van der Waals surface area (Å²) in [5.41, 5.74) is 8.16. The average molecular weight is 429 g/mol. The van der Waals surface area contributed by atoms with E-state index < -0.39 is 5.60 Å². The maximum atomic E-state index is 10.1. The molecule has 0 amide bonds. The molecule has 9 heteroatoms. The molecule has 0 atom stereocenters. The van der Waals surface area contributed by atoms with Gasteiger partial charge in [0.05, 0.1) is 22.4 Å². The van der Waals surface area contributed by atoms with Crippen LogP contribution in [0.4, 0.5) is 5.95 Å². The Hall–Kier alpha value is -3.72. The largest absolute Gasteiger partial charge is 0.384 e. The van der Waals surface area contributed by atoms with Gasteiger partial charge >= 0.3 is 0 Å². The van der Waals surface area contributed by atoms with Crippen LogP contribution < -0.4 is 5.73 Å². The second kappa shape index (κ2) is 7.45. The van der Waals surface area contributed by atoms with Crippen LogP contribution in [0.1, 0.15) is 50.2 Å². The topological polar surface area (TPSA) is 137 Å².